The average Bonchev–Trinajstić information content (AvgIpc) is 2.14. The SMILES string of the molecule is CC(C)(C)OC(=O)c1cc[c-]cc1.[CH2-]C(C)(C)C.[Cu+2]. The van der Waals surface area contributed by atoms with Crippen LogP contribution in [-0.2, 0) is 21.8 Å². The number of hydrogen-bond acceptors (Lipinski definition) is 2. The molecule has 0 aliphatic rings. The molecule has 1 aromatic carbocycles. The van der Waals surface area contributed by atoms with Gasteiger partial charge in [-0.3, -0.25) is 0 Å². The molecule has 0 saturated heterocycles. The van der Waals surface area contributed by atoms with Crippen LogP contribution in [0.25, 0.3) is 0 Å². The summed E-state index contributed by atoms with van der Waals surface area (Å²) < 4.78 is 5.17. The van der Waals surface area contributed by atoms with Crippen LogP contribution in [0.5, 0.6) is 0 Å². The average molecular weight is 312 g/mol. The third-order valence-electron chi connectivity index (χ3n) is 1.35. The van der Waals surface area contributed by atoms with Crippen molar-refractivity contribution in [2.75, 3.05) is 0 Å². The number of carbonyl (C=O) groups is 1. The monoisotopic (exact) mass is 311 g/mol. The smallest absolute Gasteiger partial charge is 0.458 e. The zero-order chi connectivity index (χ0) is 14.4. The van der Waals surface area contributed by atoms with Crippen LogP contribution in [0.15, 0.2) is 24.3 Å². The maximum atomic E-state index is 11.4. The molecule has 0 saturated carbocycles. The maximum Gasteiger partial charge on any atom is 2.00 e. The molecule has 0 aromatic heterocycles. The summed E-state index contributed by atoms with van der Waals surface area (Å²) in [7, 11) is 0. The third-order valence-corrected chi connectivity index (χ3v) is 1.35. The zero-order valence-corrected chi connectivity index (χ0v) is 13.6. The Balaban J connectivity index is 0. The number of ether oxygens (including phenoxy) is 1. The molecule has 0 amide bonds. The second-order valence-corrected chi connectivity index (χ2v) is 6.35. The van der Waals surface area contributed by atoms with Crippen LogP contribution in [0, 0.1) is 18.4 Å². The molecule has 111 valence electrons. The van der Waals surface area contributed by atoms with Crippen molar-refractivity contribution in [3.8, 4) is 0 Å². The van der Waals surface area contributed by atoms with E-state index < -0.39 is 5.60 Å². The summed E-state index contributed by atoms with van der Waals surface area (Å²) in [6, 6.07) is 9.61. The van der Waals surface area contributed by atoms with Gasteiger partial charge >= 0.3 is 23.0 Å². The predicted octanol–water partition coefficient (Wildman–Crippen LogP) is 4.31. The summed E-state index contributed by atoms with van der Waals surface area (Å²) in [5.41, 5.74) is 0.380. The fraction of sp³-hybridized carbons (Fsp3) is 0.500. The fourth-order valence-electron chi connectivity index (χ4n) is 0.860. The van der Waals surface area contributed by atoms with Crippen LogP contribution in [0.2, 0.25) is 0 Å². The van der Waals surface area contributed by atoms with Gasteiger partial charge in [-0.05, 0) is 26.3 Å². The quantitative estimate of drug-likeness (QED) is 0.439. The first-order chi connectivity index (χ1) is 7.99. The van der Waals surface area contributed by atoms with Crippen LogP contribution in [0.3, 0.4) is 0 Å². The van der Waals surface area contributed by atoms with E-state index >= 15 is 0 Å². The van der Waals surface area contributed by atoms with Gasteiger partial charge in [-0.2, -0.15) is 35.7 Å². The molecular weight excluding hydrogens is 288 g/mol. The van der Waals surface area contributed by atoms with E-state index in [1.165, 1.54) is 0 Å². The molecule has 0 unspecified atom stereocenters. The second kappa shape index (κ2) is 8.39. The summed E-state index contributed by atoms with van der Waals surface area (Å²) in [5.74, 6) is -0.290. The van der Waals surface area contributed by atoms with Gasteiger partial charge in [0, 0.05) is 0 Å². The van der Waals surface area contributed by atoms with Gasteiger partial charge in [0.2, 0.25) is 0 Å². The van der Waals surface area contributed by atoms with Crippen molar-refractivity contribution in [3.05, 3.63) is 42.8 Å². The Hall–Kier alpha value is -0.791. The molecule has 1 aromatic rings. The minimum absolute atomic E-state index is 0. The van der Waals surface area contributed by atoms with Crippen LogP contribution in [-0.4, -0.2) is 11.6 Å². The van der Waals surface area contributed by atoms with E-state index in [0.717, 1.165) is 0 Å². The van der Waals surface area contributed by atoms with Gasteiger partial charge < -0.3 is 11.7 Å². The van der Waals surface area contributed by atoms with E-state index in [1.54, 1.807) is 24.3 Å². The van der Waals surface area contributed by atoms with Crippen LogP contribution in [0.1, 0.15) is 51.9 Å². The van der Waals surface area contributed by atoms with Gasteiger partial charge in [-0.25, -0.2) is 4.79 Å². The molecule has 0 aliphatic heterocycles. The van der Waals surface area contributed by atoms with E-state index in [2.05, 4.69) is 33.8 Å². The van der Waals surface area contributed by atoms with Gasteiger partial charge in [0.15, 0.2) is 0 Å². The summed E-state index contributed by atoms with van der Waals surface area (Å²) in [6.07, 6.45) is 0. The Morgan fingerprint density at radius 2 is 1.47 bits per heavy atom. The topological polar surface area (TPSA) is 26.3 Å². The third kappa shape index (κ3) is 15.2. The Kier molecular flexibility index (Phi) is 9.07. The minimum atomic E-state index is -0.434. The molecular formula is C16H24CuO2. The molecule has 0 aliphatic carbocycles. The minimum Gasteiger partial charge on any atom is -0.458 e. The van der Waals surface area contributed by atoms with Crippen molar-refractivity contribution in [3.63, 3.8) is 0 Å². The Morgan fingerprint density at radius 1 is 1.11 bits per heavy atom. The molecule has 0 heterocycles. The molecule has 0 N–H and O–H groups in total. The fourth-order valence-corrected chi connectivity index (χ4v) is 0.860. The van der Waals surface area contributed by atoms with Crippen molar-refractivity contribution < 1.29 is 26.6 Å². The van der Waals surface area contributed by atoms with Gasteiger partial charge in [-0.15, -0.1) is 0 Å². The molecule has 0 fully saturated rings. The normalized spacial score (nSPS) is 10.7. The molecule has 1 rings (SSSR count). The van der Waals surface area contributed by atoms with Crippen LogP contribution in [0.4, 0.5) is 0 Å². The van der Waals surface area contributed by atoms with E-state index in [0.29, 0.717) is 5.56 Å². The standard InChI is InChI=1S/C11H13O2.C5H11.Cu/c1-11(2,3)13-10(12)9-7-5-4-6-8-9;1-5(2,3)4;/h5-8H,1-3H3;1H2,2-4H3;/q2*-1;+2. The Labute approximate surface area is 128 Å². The van der Waals surface area contributed by atoms with Crippen molar-refractivity contribution >= 4 is 5.97 Å². The van der Waals surface area contributed by atoms with Gasteiger partial charge in [0.05, 0.1) is 0 Å². The molecule has 0 spiro atoms. The van der Waals surface area contributed by atoms with E-state index in [1.807, 2.05) is 20.8 Å². The molecule has 1 radical (unpaired) electrons. The first-order valence-electron chi connectivity index (χ1n) is 6.04. The van der Waals surface area contributed by atoms with Crippen molar-refractivity contribution in [1.82, 2.24) is 0 Å². The molecule has 0 bridgehead atoms. The molecule has 19 heavy (non-hydrogen) atoms. The number of rotatable bonds is 1. The maximum absolute atomic E-state index is 11.4. The molecule has 2 nitrogen and oxygen atoms in total. The van der Waals surface area contributed by atoms with Crippen molar-refractivity contribution in [1.29, 1.82) is 0 Å². The van der Waals surface area contributed by atoms with E-state index in [4.69, 9.17) is 4.74 Å². The predicted molar refractivity (Wildman–Crippen MR) is 75.3 cm³/mol. The van der Waals surface area contributed by atoms with Crippen molar-refractivity contribution in [2.45, 2.75) is 47.1 Å². The number of benzene rings is 1. The zero-order valence-electron chi connectivity index (χ0n) is 12.6. The first-order valence-corrected chi connectivity index (χ1v) is 6.04. The van der Waals surface area contributed by atoms with E-state index in [-0.39, 0.29) is 28.5 Å². The number of carbonyl (C=O) groups excluding carboxylic acids is 1. The number of hydrogen-bond donors (Lipinski definition) is 0. The van der Waals surface area contributed by atoms with Gasteiger partial charge in [0.25, 0.3) is 0 Å². The summed E-state index contributed by atoms with van der Waals surface area (Å²) in [5, 5.41) is 0. The van der Waals surface area contributed by atoms with Crippen LogP contribution >= 0.6 is 0 Å². The summed E-state index contributed by atoms with van der Waals surface area (Å²) in [6.45, 7) is 15.5. The van der Waals surface area contributed by atoms with Crippen LogP contribution < -0.4 is 0 Å². The molecule has 0 atom stereocenters. The van der Waals surface area contributed by atoms with Gasteiger partial charge in [0.1, 0.15) is 5.60 Å². The second-order valence-electron chi connectivity index (χ2n) is 6.35. The summed E-state index contributed by atoms with van der Waals surface area (Å²) in [4.78, 5) is 11.4. The van der Waals surface area contributed by atoms with E-state index in [9.17, 15) is 4.79 Å². The largest absolute Gasteiger partial charge is 2.00 e. The Morgan fingerprint density at radius 3 is 1.79 bits per heavy atom. The number of esters is 1. The Bertz CT molecular complexity index is 353. The van der Waals surface area contributed by atoms with Crippen molar-refractivity contribution in [2.24, 2.45) is 5.41 Å². The van der Waals surface area contributed by atoms with Gasteiger partial charge in [-0.1, -0.05) is 20.8 Å². The summed E-state index contributed by atoms with van der Waals surface area (Å²) >= 11 is 0. The first kappa shape index (κ1) is 20.5. The molecule has 3 heteroatoms.